The maximum atomic E-state index is 12.5. The summed E-state index contributed by atoms with van der Waals surface area (Å²) >= 11 is 0. The predicted octanol–water partition coefficient (Wildman–Crippen LogP) is 4.27. The molecule has 0 bridgehead atoms. The largest absolute Gasteiger partial charge is 0.457 e. The quantitative estimate of drug-likeness (QED) is 0.604. The van der Waals surface area contributed by atoms with Gasteiger partial charge in [0.1, 0.15) is 11.5 Å². The lowest BCUT2D eigenvalue weighted by atomic mass is 10.2. The molecule has 0 spiro atoms. The monoisotopic (exact) mass is 378 g/mol. The molecule has 0 saturated carbocycles. The van der Waals surface area contributed by atoms with E-state index < -0.39 is 0 Å². The van der Waals surface area contributed by atoms with Crippen LogP contribution < -0.4 is 10.1 Å². The zero-order chi connectivity index (χ0) is 19.8. The molecule has 3 aromatic rings. The Labute approximate surface area is 165 Å². The molecule has 146 valence electrons. The third-order valence-corrected chi connectivity index (χ3v) is 4.53. The van der Waals surface area contributed by atoms with E-state index in [0.717, 1.165) is 31.9 Å². The number of likely N-dealkylation sites (N-methyl/N-ethyl adjacent to an activating group) is 1. The van der Waals surface area contributed by atoms with Crippen molar-refractivity contribution in [2.75, 3.05) is 25.0 Å². The highest BCUT2D eigenvalue weighted by atomic mass is 16.5. The summed E-state index contributed by atoms with van der Waals surface area (Å²) < 4.78 is 7.60. The summed E-state index contributed by atoms with van der Waals surface area (Å²) in [5.74, 6) is 1.28. The molecular weight excluding hydrogens is 352 g/mol. The van der Waals surface area contributed by atoms with Crippen LogP contribution in [0.1, 0.15) is 24.2 Å². The highest BCUT2D eigenvalue weighted by Crippen LogP contribution is 2.21. The van der Waals surface area contributed by atoms with Gasteiger partial charge in [0.15, 0.2) is 0 Å². The van der Waals surface area contributed by atoms with Crippen molar-refractivity contribution in [1.29, 1.82) is 0 Å². The van der Waals surface area contributed by atoms with Gasteiger partial charge in [-0.1, -0.05) is 32.0 Å². The Hall–Kier alpha value is -3.12. The van der Waals surface area contributed by atoms with Gasteiger partial charge in [-0.05, 0) is 49.5 Å². The van der Waals surface area contributed by atoms with Crippen molar-refractivity contribution in [3.05, 3.63) is 72.6 Å². The lowest BCUT2D eigenvalue weighted by molar-refractivity contribution is 0.102. The van der Waals surface area contributed by atoms with Crippen LogP contribution in [-0.2, 0) is 6.54 Å². The molecule has 0 fully saturated rings. The standard InChI is InChI=1S/C22H26N4O2/c1-3-25(4-2)14-15-26-17-19(16-23-26)24-22(27)18-10-12-21(13-11-18)28-20-8-6-5-7-9-20/h5-13,16-17H,3-4,14-15H2,1-2H3,(H,24,27). The zero-order valence-electron chi connectivity index (χ0n) is 16.3. The summed E-state index contributed by atoms with van der Waals surface area (Å²) in [6, 6.07) is 16.6. The number of ether oxygens (including phenoxy) is 1. The average molecular weight is 378 g/mol. The lowest BCUT2D eigenvalue weighted by Crippen LogP contribution is -2.27. The highest BCUT2D eigenvalue weighted by molar-refractivity contribution is 6.04. The Bertz CT molecular complexity index is 871. The molecule has 0 aliphatic carbocycles. The van der Waals surface area contributed by atoms with Gasteiger partial charge in [0.05, 0.1) is 18.4 Å². The molecule has 1 N–H and O–H groups in total. The number of carbonyl (C=O) groups is 1. The fourth-order valence-corrected chi connectivity index (χ4v) is 2.84. The molecule has 0 aliphatic heterocycles. The van der Waals surface area contributed by atoms with Crippen LogP contribution in [0.25, 0.3) is 0 Å². The van der Waals surface area contributed by atoms with Crippen LogP contribution in [0.3, 0.4) is 0 Å². The minimum Gasteiger partial charge on any atom is -0.457 e. The van der Waals surface area contributed by atoms with Gasteiger partial charge >= 0.3 is 0 Å². The number of rotatable bonds is 9. The molecule has 6 heteroatoms. The van der Waals surface area contributed by atoms with Gasteiger partial charge in [0.2, 0.25) is 0 Å². The third-order valence-electron chi connectivity index (χ3n) is 4.53. The molecule has 0 radical (unpaired) electrons. The second-order valence-electron chi connectivity index (χ2n) is 6.41. The predicted molar refractivity (Wildman–Crippen MR) is 111 cm³/mol. The second kappa shape index (κ2) is 9.71. The summed E-state index contributed by atoms with van der Waals surface area (Å²) in [6.45, 7) is 8.06. The molecule has 1 heterocycles. The van der Waals surface area contributed by atoms with Gasteiger partial charge in [-0.25, -0.2) is 0 Å². The maximum Gasteiger partial charge on any atom is 0.255 e. The van der Waals surface area contributed by atoms with Gasteiger partial charge < -0.3 is 15.0 Å². The van der Waals surface area contributed by atoms with Crippen LogP contribution in [0.4, 0.5) is 5.69 Å². The Kier molecular flexibility index (Phi) is 6.81. The minimum atomic E-state index is -0.172. The van der Waals surface area contributed by atoms with Crippen molar-refractivity contribution >= 4 is 11.6 Å². The van der Waals surface area contributed by atoms with E-state index in [4.69, 9.17) is 4.74 Å². The van der Waals surface area contributed by atoms with Gasteiger partial charge in [-0.15, -0.1) is 0 Å². The first-order valence-electron chi connectivity index (χ1n) is 9.57. The van der Waals surface area contributed by atoms with Crippen LogP contribution >= 0.6 is 0 Å². The molecule has 1 amide bonds. The van der Waals surface area contributed by atoms with Crippen molar-refractivity contribution < 1.29 is 9.53 Å². The number of hydrogen-bond donors (Lipinski definition) is 1. The molecule has 0 saturated heterocycles. The number of nitrogens with one attached hydrogen (secondary N) is 1. The zero-order valence-corrected chi connectivity index (χ0v) is 16.3. The highest BCUT2D eigenvalue weighted by Gasteiger charge is 2.09. The third kappa shape index (κ3) is 5.44. The first-order valence-corrected chi connectivity index (χ1v) is 9.57. The lowest BCUT2D eigenvalue weighted by Gasteiger charge is -2.17. The molecule has 2 aromatic carbocycles. The number of hydrogen-bond acceptors (Lipinski definition) is 4. The Morgan fingerprint density at radius 2 is 1.71 bits per heavy atom. The second-order valence-corrected chi connectivity index (χ2v) is 6.41. The van der Waals surface area contributed by atoms with Crippen LogP contribution in [0.2, 0.25) is 0 Å². The van der Waals surface area contributed by atoms with E-state index in [9.17, 15) is 4.79 Å². The van der Waals surface area contributed by atoms with E-state index in [1.807, 2.05) is 41.2 Å². The summed E-state index contributed by atoms with van der Waals surface area (Å²) in [7, 11) is 0. The smallest absolute Gasteiger partial charge is 0.255 e. The molecular formula is C22H26N4O2. The van der Waals surface area contributed by atoms with Crippen LogP contribution in [0.15, 0.2) is 67.0 Å². The number of aromatic nitrogens is 2. The maximum absolute atomic E-state index is 12.5. The van der Waals surface area contributed by atoms with Crippen molar-refractivity contribution in [1.82, 2.24) is 14.7 Å². The number of carbonyl (C=O) groups excluding carboxylic acids is 1. The number of benzene rings is 2. The Balaban J connectivity index is 1.54. The summed E-state index contributed by atoms with van der Waals surface area (Å²) in [6.07, 6.45) is 3.53. The first kappa shape index (κ1) is 19.6. The van der Waals surface area contributed by atoms with Gasteiger partial charge in [0.25, 0.3) is 5.91 Å². The number of para-hydroxylation sites is 1. The molecule has 28 heavy (non-hydrogen) atoms. The van der Waals surface area contributed by atoms with Gasteiger partial charge in [0, 0.05) is 18.3 Å². The van der Waals surface area contributed by atoms with Crippen molar-refractivity contribution in [2.24, 2.45) is 0 Å². The topological polar surface area (TPSA) is 59.4 Å². The van der Waals surface area contributed by atoms with E-state index in [1.54, 1.807) is 30.5 Å². The van der Waals surface area contributed by atoms with Crippen LogP contribution in [-0.4, -0.2) is 40.2 Å². The SMILES string of the molecule is CCN(CC)CCn1cc(NC(=O)c2ccc(Oc3ccccc3)cc2)cn1. The fourth-order valence-electron chi connectivity index (χ4n) is 2.84. The van der Waals surface area contributed by atoms with Crippen molar-refractivity contribution in [3.8, 4) is 11.5 Å². The molecule has 1 aromatic heterocycles. The van der Waals surface area contributed by atoms with E-state index in [0.29, 0.717) is 17.0 Å². The summed E-state index contributed by atoms with van der Waals surface area (Å²) in [4.78, 5) is 14.8. The average Bonchev–Trinajstić information content (AvgIpc) is 3.17. The summed E-state index contributed by atoms with van der Waals surface area (Å²) in [5, 5.41) is 7.21. The number of nitrogens with zero attached hydrogens (tertiary/aromatic N) is 3. The summed E-state index contributed by atoms with van der Waals surface area (Å²) in [5.41, 5.74) is 1.26. The van der Waals surface area contributed by atoms with Crippen molar-refractivity contribution in [2.45, 2.75) is 20.4 Å². The van der Waals surface area contributed by atoms with Crippen molar-refractivity contribution in [3.63, 3.8) is 0 Å². The van der Waals surface area contributed by atoms with Gasteiger partial charge in [-0.3, -0.25) is 9.48 Å². The molecule has 3 rings (SSSR count). The molecule has 0 aliphatic rings. The van der Waals surface area contributed by atoms with E-state index in [1.165, 1.54) is 0 Å². The van der Waals surface area contributed by atoms with E-state index in [-0.39, 0.29) is 5.91 Å². The Morgan fingerprint density at radius 1 is 1.04 bits per heavy atom. The molecule has 0 atom stereocenters. The Morgan fingerprint density at radius 3 is 2.39 bits per heavy atom. The minimum absolute atomic E-state index is 0.172. The fraction of sp³-hybridized carbons (Fsp3) is 0.273. The molecule has 0 unspecified atom stereocenters. The van der Waals surface area contributed by atoms with Crippen LogP contribution in [0, 0.1) is 0 Å². The van der Waals surface area contributed by atoms with Crippen LogP contribution in [0.5, 0.6) is 11.5 Å². The molecule has 6 nitrogen and oxygen atoms in total. The number of amides is 1. The first-order chi connectivity index (χ1) is 13.7. The number of anilines is 1. The van der Waals surface area contributed by atoms with E-state index in [2.05, 4.69) is 29.2 Å². The van der Waals surface area contributed by atoms with E-state index >= 15 is 0 Å². The van der Waals surface area contributed by atoms with Gasteiger partial charge in [-0.2, -0.15) is 5.10 Å². The normalized spacial score (nSPS) is 10.8.